The number of nitrogens with zero attached hydrogens (tertiary/aromatic N) is 3. The summed E-state index contributed by atoms with van der Waals surface area (Å²) in [6.07, 6.45) is 3.01. The third kappa shape index (κ3) is 6.36. The third-order valence-corrected chi connectivity index (χ3v) is 7.17. The van der Waals surface area contributed by atoms with Crippen LogP contribution in [0.5, 0.6) is 0 Å². The van der Waals surface area contributed by atoms with Crippen LogP contribution >= 0.6 is 0 Å². The summed E-state index contributed by atoms with van der Waals surface area (Å²) in [5.41, 5.74) is 5.37. The van der Waals surface area contributed by atoms with Crippen LogP contribution < -0.4 is 16.4 Å². The highest BCUT2D eigenvalue weighted by Gasteiger charge is 2.46. The summed E-state index contributed by atoms with van der Waals surface area (Å²) in [6.45, 7) is 1.47. The monoisotopic (exact) mass is 524 g/mol. The molecule has 0 unspecified atom stereocenters. The first kappa shape index (κ1) is 28.3. The Balaban J connectivity index is 1.60. The minimum atomic E-state index is -1.16. The summed E-state index contributed by atoms with van der Waals surface area (Å²) < 4.78 is 0. The number of rotatable bonds is 9. The Kier molecular flexibility index (Phi) is 9.43. The molecule has 3 saturated heterocycles. The van der Waals surface area contributed by atoms with Gasteiger partial charge in [0, 0.05) is 19.6 Å². The summed E-state index contributed by atoms with van der Waals surface area (Å²) in [5, 5.41) is 23.1. The zero-order valence-electron chi connectivity index (χ0n) is 20.9. The summed E-state index contributed by atoms with van der Waals surface area (Å²) in [7, 11) is 0. The number of nitrogens with one attached hydrogen (secondary N) is 2. The van der Waals surface area contributed by atoms with Gasteiger partial charge in [0.25, 0.3) is 0 Å². The van der Waals surface area contributed by atoms with Gasteiger partial charge < -0.3 is 41.3 Å². The van der Waals surface area contributed by atoms with Crippen LogP contribution in [0.15, 0.2) is 0 Å². The van der Waals surface area contributed by atoms with Crippen LogP contribution in [0.3, 0.4) is 0 Å². The van der Waals surface area contributed by atoms with Crippen molar-refractivity contribution in [2.24, 2.45) is 5.73 Å². The average molecular weight is 525 g/mol. The first-order valence-electron chi connectivity index (χ1n) is 12.6. The van der Waals surface area contributed by atoms with Gasteiger partial charge >= 0.3 is 5.97 Å². The fraction of sp³-hybridized carbons (Fsp3) is 0.739. The number of amides is 5. The van der Waals surface area contributed by atoms with E-state index in [2.05, 4.69) is 10.6 Å². The van der Waals surface area contributed by atoms with E-state index in [1.54, 1.807) is 0 Å². The molecule has 3 heterocycles. The van der Waals surface area contributed by atoms with E-state index in [0.29, 0.717) is 58.2 Å². The molecule has 5 amide bonds. The summed E-state index contributed by atoms with van der Waals surface area (Å²) in [6, 6.07) is -4.55. The number of nitrogens with two attached hydrogens (primary N) is 1. The zero-order chi connectivity index (χ0) is 27.3. The molecule has 37 heavy (non-hydrogen) atoms. The first-order chi connectivity index (χ1) is 17.6. The van der Waals surface area contributed by atoms with Crippen LogP contribution in [0.1, 0.15) is 45.4 Å². The number of hydrogen-bond acceptors (Lipinski definition) is 8. The molecule has 0 aromatic heterocycles. The second-order valence-corrected chi connectivity index (χ2v) is 9.70. The van der Waals surface area contributed by atoms with Gasteiger partial charge in [-0.05, 0) is 45.4 Å². The van der Waals surface area contributed by atoms with Crippen LogP contribution in [0.25, 0.3) is 0 Å². The van der Waals surface area contributed by atoms with Crippen molar-refractivity contribution in [1.82, 2.24) is 25.3 Å². The Morgan fingerprint density at radius 3 is 1.89 bits per heavy atom. The van der Waals surface area contributed by atoms with Gasteiger partial charge in [0.05, 0.1) is 13.2 Å². The van der Waals surface area contributed by atoms with Gasteiger partial charge in [-0.1, -0.05) is 0 Å². The van der Waals surface area contributed by atoms with Crippen molar-refractivity contribution in [3.8, 4) is 0 Å². The van der Waals surface area contributed by atoms with Crippen molar-refractivity contribution in [3.63, 3.8) is 0 Å². The van der Waals surface area contributed by atoms with Gasteiger partial charge in [0.2, 0.25) is 29.5 Å². The zero-order valence-corrected chi connectivity index (χ0v) is 20.9. The Hall–Kier alpha value is -3.26. The van der Waals surface area contributed by atoms with E-state index in [9.17, 15) is 33.9 Å². The van der Waals surface area contributed by atoms with Gasteiger partial charge in [-0.15, -0.1) is 0 Å². The fourth-order valence-corrected chi connectivity index (χ4v) is 5.23. The van der Waals surface area contributed by atoms with Crippen molar-refractivity contribution in [2.75, 3.05) is 32.8 Å². The van der Waals surface area contributed by atoms with E-state index in [0.717, 1.165) is 0 Å². The number of aliphatic hydroxyl groups excluding tert-OH is 1. The number of carboxylic acids is 1. The number of aliphatic hydroxyl groups is 1. The molecule has 3 rings (SSSR count). The lowest BCUT2D eigenvalue weighted by Crippen LogP contribution is -2.57. The topological polar surface area (TPSA) is 203 Å². The van der Waals surface area contributed by atoms with Crippen LogP contribution in [-0.4, -0.2) is 123 Å². The molecule has 206 valence electrons. The molecule has 0 aromatic rings. The molecule has 3 fully saturated rings. The van der Waals surface area contributed by atoms with Crippen LogP contribution in [-0.2, 0) is 28.8 Å². The van der Waals surface area contributed by atoms with Gasteiger partial charge in [0.15, 0.2) is 0 Å². The van der Waals surface area contributed by atoms with Crippen molar-refractivity contribution < 1.29 is 39.0 Å². The number of likely N-dealkylation sites (tertiary alicyclic amines) is 3. The highest BCUT2D eigenvalue weighted by atomic mass is 16.4. The van der Waals surface area contributed by atoms with Crippen LogP contribution in [0.4, 0.5) is 0 Å². The number of hydrogen-bond donors (Lipinski definition) is 5. The quantitative estimate of drug-likeness (QED) is 0.208. The smallest absolute Gasteiger partial charge is 0.326 e. The first-order valence-corrected chi connectivity index (χ1v) is 12.6. The minimum absolute atomic E-state index is 0.317. The fourth-order valence-electron chi connectivity index (χ4n) is 5.23. The summed E-state index contributed by atoms with van der Waals surface area (Å²) in [5.74, 6) is -3.58. The van der Waals surface area contributed by atoms with Crippen molar-refractivity contribution in [3.05, 3.63) is 0 Å². The molecule has 3 aliphatic heterocycles. The van der Waals surface area contributed by atoms with Gasteiger partial charge in [-0.25, -0.2) is 4.79 Å². The summed E-state index contributed by atoms with van der Waals surface area (Å²) in [4.78, 5) is 79.4. The van der Waals surface area contributed by atoms with E-state index < -0.39 is 67.1 Å². The van der Waals surface area contributed by atoms with Crippen molar-refractivity contribution >= 4 is 35.5 Å². The molecule has 0 aliphatic carbocycles. The maximum absolute atomic E-state index is 13.5. The lowest BCUT2D eigenvalue weighted by Gasteiger charge is -2.34. The molecule has 0 spiro atoms. The Morgan fingerprint density at radius 1 is 0.865 bits per heavy atom. The minimum Gasteiger partial charge on any atom is -0.480 e. The summed E-state index contributed by atoms with van der Waals surface area (Å²) >= 11 is 0. The molecule has 0 bridgehead atoms. The molecule has 5 atom stereocenters. The number of aliphatic carboxylic acids is 1. The van der Waals surface area contributed by atoms with Gasteiger partial charge in [-0.3, -0.25) is 24.0 Å². The van der Waals surface area contributed by atoms with Gasteiger partial charge in [0.1, 0.15) is 30.2 Å². The van der Waals surface area contributed by atoms with E-state index in [4.69, 9.17) is 10.8 Å². The molecule has 0 radical (unpaired) electrons. The number of carboxylic acid groups (broad SMARTS) is 1. The maximum Gasteiger partial charge on any atom is 0.326 e. The molecule has 6 N–H and O–H groups in total. The molecular weight excluding hydrogens is 488 g/mol. The molecular formula is C23H36N6O8. The second kappa shape index (κ2) is 12.3. The lowest BCUT2D eigenvalue weighted by atomic mass is 10.1. The normalized spacial score (nSPS) is 25.1. The Morgan fingerprint density at radius 2 is 1.35 bits per heavy atom. The highest BCUT2D eigenvalue weighted by Crippen LogP contribution is 2.28. The van der Waals surface area contributed by atoms with Crippen LogP contribution in [0, 0.1) is 0 Å². The average Bonchev–Trinajstić information content (AvgIpc) is 3.65. The third-order valence-electron chi connectivity index (χ3n) is 7.17. The van der Waals surface area contributed by atoms with Crippen LogP contribution in [0.2, 0.25) is 0 Å². The number of carbonyl (C=O) groups is 6. The lowest BCUT2D eigenvalue weighted by molar-refractivity contribution is -0.153. The molecule has 14 heteroatoms. The second-order valence-electron chi connectivity index (χ2n) is 9.70. The van der Waals surface area contributed by atoms with Gasteiger partial charge in [-0.2, -0.15) is 0 Å². The Bertz CT molecular complexity index is 929. The van der Waals surface area contributed by atoms with Crippen molar-refractivity contribution in [1.29, 1.82) is 0 Å². The number of carbonyl (C=O) groups excluding carboxylic acids is 5. The predicted octanol–water partition coefficient (Wildman–Crippen LogP) is -3.02. The molecule has 0 aromatic carbocycles. The van der Waals surface area contributed by atoms with E-state index in [1.807, 2.05) is 0 Å². The highest BCUT2D eigenvalue weighted by molar-refractivity contribution is 5.96. The predicted molar refractivity (Wildman–Crippen MR) is 128 cm³/mol. The maximum atomic E-state index is 13.5. The van der Waals surface area contributed by atoms with E-state index >= 15 is 0 Å². The standard InChI is InChI=1S/C23H36N6O8/c1-13(26-18(31)11-25-19(32)14(24)12-30)20(33)27-8-2-5-15(27)21(34)28-9-3-6-16(28)22(35)29-10-4-7-17(29)23(36)37/h13-17,30H,2-12,24H2,1H3,(H,25,32)(H,26,31)(H,36,37)/t13-,14-,15-,16-,17-/m0/s1. The van der Waals surface area contributed by atoms with E-state index in [-0.39, 0.29) is 11.8 Å². The Labute approximate surface area is 214 Å². The molecule has 0 saturated carbocycles. The SMILES string of the molecule is C[C@H](NC(=O)CNC(=O)[C@@H](N)CO)C(=O)N1CCC[C@H]1C(=O)N1CCC[C@H]1C(=O)N1CCC[C@H]1C(=O)O. The molecule has 3 aliphatic rings. The van der Waals surface area contributed by atoms with Crippen molar-refractivity contribution in [2.45, 2.75) is 75.7 Å². The largest absolute Gasteiger partial charge is 0.480 e. The molecule has 14 nitrogen and oxygen atoms in total. The van der Waals surface area contributed by atoms with E-state index in [1.165, 1.54) is 21.6 Å².